The van der Waals surface area contributed by atoms with Crippen molar-refractivity contribution < 1.29 is 28.9 Å². The van der Waals surface area contributed by atoms with Crippen molar-refractivity contribution in [3.05, 3.63) is 29.6 Å². The van der Waals surface area contributed by atoms with Gasteiger partial charge in [-0.25, -0.2) is 14.0 Å². The molecule has 6 nitrogen and oxygen atoms in total. The topological polar surface area (TPSA) is 95.9 Å². The molecular weight excluding hydrogens is 257 g/mol. The van der Waals surface area contributed by atoms with E-state index in [0.29, 0.717) is 0 Å². The molecule has 3 N–H and O–H groups in total. The SMILES string of the molecule is COC[C@@](C)(Nc1ccc(C(=O)O)c(F)c1)C(=O)O. The highest BCUT2D eigenvalue weighted by Gasteiger charge is 2.33. The minimum atomic E-state index is -1.44. The summed E-state index contributed by atoms with van der Waals surface area (Å²) in [5.74, 6) is -3.50. The van der Waals surface area contributed by atoms with Gasteiger partial charge in [0.15, 0.2) is 5.54 Å². The highest BCUT2D eigenvalue weighted by atomic mass is 19.1. The van der Waals surface area contributed by atoms with E-state index in [1.54, 1.807) is 0 Å². The second kappa shape index (κ2) is 5.66. The Balaban J connectivity index is 3.02. The first-order valence-electron chi connectivity index (χ1n) is 5.33. The molecule has 1 aromatic carbocycles. The Kier molecular flexibility index (Phi) is 4.44. The molecular formula is C12H14FNO5. The van der Waals surface area contributed by atoms with E-state index in [1.807, 2.05) is 0 Å². The summed E-state index contributed by atoms with van der Waals surface area (Å²) in [5, 5.41) is 20.4. The van der Waals surface area contributed by atoms with Crippen molar-refractivity contribution >= 4 is 17.6 Å². The van der Waals surface area contributed by atoms with E-state index in [4.69, 9.17) is 14.9 Å². The van der Waals surface area contributed by atoms with Gasteiger partial charge in [-0.15, -0.1) is 0 Å². The zero-order valence-electron chi connectivity index (χ0n) is 10.4. The summed E-state index contributed by atoms with van der Waals surface area (Å²) in [6.45, 7) is 1.24. The van der Waals surface area contributed by atoms with E-state index < -0.39 is 28.9 Å². The molecule has 0 saturated heterocycles. The predicted molar refractivity (Wildman–Crippen MR) is 64.9 cm³/mol. The lowest BCUT2D eigenvalue weighted by atomic mass is 10.0. The van der Waals surface area contributed by atoms with E-state index in [2.05, 4.69) is 5.32 Å². The van der Waals surface area contributed by atoms with Gasteiger partial charge >= 0.3 is 11.9 Å². The second-order valence-electron chi connectivity index (χ2n) is 4.20. The molecule has 0 spiro atoms. The number of methoxy groups -OCH3 is 1. The van der Waals surface area contributed by atoms with Crippen LogP contribution in [0.15, 0.2) is 18.2 Å². The fraction of sp³-hybridized carbons (Fsp3) is 0.333. The Morgan fingerprint density at radius 1 is 1.42 bits per heavy atom. The molecule has 0 bridgehead atoms. The minimum Gasteiger partial charge on any atom is -0.479 e. The van der Waals surface area contributed by atoms with Gasteiger partial charge in [-0.1, -0.05) is 0 Å². The number of ether oxygens (including phenoxy) is 1. The first kappa shape index (κ1) is 14.9. The van der Waals surface area contributed by atoms with Gasteiger partial charge in [0, 0.05) is 12.8 Å². The zero-order chi connectivity index (χ0) is 14.6. The van der Waals surface area contributed by atoms with Crippen molar-refractivity contribution in [1.82, 2.24) is 0 Å². The molecule has 0 amide bonds. The third-order valence-corrected chi connectivity index (χ3v) is 2.52. The largest absolute Gasteiger partial charge is 0.479 e. The summed E-state index contributed by atoms with van der Waals surface area (Å²) in [7, 11) is 1.34. The Morgan fingerprint density at radius 3 is 2.47 bits per heavy atom. The molecule has 0 aromatic heterocycles. The van der Waals surface area contributed by atoms with E-state index >= 15 is 0 Å². The molecule has 7 heteroatoms. The molecule has 1 aromatic rings. The molecule has 0 heterocycles. The van der Waals surface area contributed by atoms with Crippen LogP contribution in [-0.4, -0.2) is 41.4 Å². The Labute approximate surface area is 108 Å². The van der Waals surface area contributed by atoms with Crippen molar-refractivity contribution in [3.8, 4) is 0 Å². The van der Waals surface area contributed by atoms with Gasteiger partial charge in [-0.05, 0) is 25.1 Å². The van der Waals surface area contributed by atoms with E-state index in [9.17, 15) is 14.0 Å². The molecule has 0 fully saturated rings. The summed E-state index contributed by atoms with van der Waals surface area (Å²) in [4.78, 5) is 21.8. The van der Waals surface area contributed by atoms with Gasteiger partial charge < -0.3 is 20.3 Å². The van der Waals surface area contributed by atoms with Crippen LogP contribution in [0.5, 0.6) is 0 Å². The number of rotatable bonds is 6. The van der Waals surface area contributed by atoms with Crippen LogP contribution >= 0.6 is 0 Å². The molecule has 0 unspecified atom stereocenters. The molecule has 0 aliphatic carbocycles. The van der Waals surface area contributed by atoms with Gasteiger partial charge in [-0.2, -0.15) is 0 Å². The molecule has 104 valence electrons. The maximum atomic E-state index is 13.5. The lowest BCUT2D eigenvalue weighted by Crippen LogP contribution is -2.47. The summed E-state index contributed by atoms with van der Waals surface area (Å²) >= 11 is 0. The average molecular weight is 271 g/mol. The van der Waals surface area contributed by atoms with Crippen molar-refractivity contribution in [1.29, 1.82) is 0 Å². The number of hydrogen-bond donors (Lipinski definition) is 3. The minimum absolute atomic E-state index is 0.134. The quantitative estimate of drug-likeness (QED) is 0.724. The molecule has 0 saturated carbocycles. The Morgan fingerprint density at radius 2 is 2.05 bits per heavy atom. The van der Waals surface area contributed by atoms with Crippen LogP contribution < -0.4 is 5.32 Å². The number of benzene rings is 1. The molecule has 1 rings (SSSR count). The van der Waals surface area contributed by atoms with E-state index in [1.165, 1.54) is 20.1 Å². The van der Waals surface area contributed by atoms with E-state index in [0.717, 1.165) is 12.1 Å². The summed E-state index contributed by atoms with van der Waals surface area (Å²) in [5.41, 5.74) is -1.76. The number of carboxylic acid groups (broad SMARTS) is 2. The van der Waals surface area contributed by atoms with Crippen molar-refractivity contribution in [2.75, 3.05) is 19.0 Å². The van der Waals surface area contributed by atoms with Crippen LogP contribution in [0.4, 0.5) is 10.1 Å². The highest BCUT2D eigenvalue weighted by molar-refractivity contribution is 5.88. The predicted octanol–water partition coefficient (Wildman–Crippen LogP) is 1.43. The van der Waals surface area contributed by atoms with Crippen molar-refractivity contribution in [3.63, 3.8) is 0 Å². The summed E-state index contributed by atoms with van der Waals surface area (Å²) in [6, 6.07) is 3.29. The third kappa shape index (κ3) is 3.41. The van der Waals surface area contributed by atoms with Crippen LogP contribution in [0.2, 0.25) is 0 Å². The van der Waals surface area contributed by atoms with Gasteiger partial charge in [0.05, 0.1) is 12.2 Å². The smallest absolute Gasteiger partial charge is 0.338 e. The Bertz CT molecular complexity index is 505. The molecule has 0 aliphatic rings. The standard InChI is InChI=1S/C12H14FNO5/c1-12(6-19-2,11(17)18)14-7-3-4-8(10(15)16)9(13)5-7/h3-5,14H,6H2,1-2H3,(H,15,16)(H,17,18)/t12-/m1/s1. The average Bonchev–Trinajstić information content (AvgIpc) is 2.28. The zero-order valence-corrected chi connectivity index (χ0v) is 10.4. The number of halogens is 1. The molecule has 19 heavy (non-hydrogen) atoms. The van der Waals surface area contributed by atoms with Crippen LogP contribution in [-0.2, 0) is 9.53 Å². The van der Waals surface area contributed by atoms with Gasteiger partial charge in [0.25, 0.3) is 0 Å². The van der Waals surface area contributed by atoms with E-state index in [-0.39, 0.29) is 12.3 Å². The number of anilines is 1. The highest BCUT2D eigenvalue weighted by Crippen LogP contribution is 2.19. The van der Waals surface area contributed by atoms with Crippen LogP contribution in [0, 0.1) is 5.82 Å². The number of aliphatic carboxylic acids is 1. The molecule has 1 atom stereocenters. The van der Waals surface area contributed by atoms with Crippen LogP contribution in [0.3, 0.4) is 0 Å². The fourth-order valence-corrected chi connectivity index (χ4v) is 1.52. The van der Waals surface area contributed by atoms with Gasteiger partial charge in [0.1, 0.15) is 5.82 Å². The van der Waals surface area contributed by atoms with Crippen LogP contribution in [0.1, 0.15) is 17.3 Å². The molecule has 0 aliphatic heterocycles. The summed E-state index contributed by atoms with van der Waals surface area (Å²) < 4.78 is 18.3. The fourth-order valence-electron chi connectivity index (χ4n) is 1.52. The number of carbonyl (C=O) groups is 2. The number of aromatic carboxylic acids is 1. The van der Waals surface area contributed by atoms with Crippen molar-refractivity contribution in [2.24, 2.45) is 0 Å². The monoisotopic (exact) mass is 271 g/mol. The van der Waals surface area contributed by atoms with Gasteiger partial charge in [0.2, 0.25) is 0 Å². The first-order chi connectivity index (χ1) is 8.80. The summed E-state index contributed by atoms with van der Waals surface area (Å²) in [6.07, 6.45) is 0. The van der Waals surface area contributed by atoms with Gasteiger partial charge in [-0.3, -0.25) is 0 Å². The van der Waals surface area contributed by atoms with Crippen molar-refractivity contribution in [2.45, 2.75) is 12.5 Å². The first-order valence-corrected chi connectivity index (χ1v) is 5.33. The number of nitrogens with one attached hydrogen (secondary N) is 1. The number of carboxylic acids is 2. The normalized spacial score (nSPS) is 13.6. The van der Waals surface area contributed by atoms with Crippen LogP contribution in [0.25, 0.3) is 0 Å². The molecule has 0 radical (unpaired) electrons. The number of hydrogen-bond acceptors (Lipinski definition) is 4. The third-order valence-electron chi connectivity index (χ3n) is 2.52. The second-order valence-corrected chi connectivity index (χ2v) is 4.20. The lowest BCUT2D eigenvalue weighted by Gasteiger charge is -2.26. The maximum absolute atomic E-state index is 13.5. The maximum Gasteiger partial charge on any atom is 0.338 e. The lowest BCUT2D eigenvalue weighted by molar-refractivity contribution is -0.143. The Hall–Kier alpha value is -2.15.